The van der Waals surface area contributed by atoms with Gasteiger partial charge in [-0.15, -0.1) is 0 Å². The van der Waals surface area contributed by atoms with Gasteiger partial charge in [0.25, 0.3) is 5.91 Å². The Kier molecular flexibility index (Phi) is 3.84. The molecule has 0 saturated carbocycles. The molecule has 6 heteroatoms. The highest BCUT2D eigenvalue weighted by Crippen LogP contribution is 2.14. The smallest absolute Gasteiger partial charge is 0.275 e. The highest BCUT2D eigenvalue weighted by atomic mass is 16.7. The number of hydrogen-bond acceptors (Lipinski definition) is 4. The number of primary amides is 1. The number of amides is 2. The summed E-state index contributed by atoms with van der Waals surface area (Å²) < 4.78 is 0. The Balaban J connectivity index is 2.66. The van der Waals surface area contributed by atoms with Gasteiger partial charge in [-0.2, -0.15) is 0 Å². The van der Waals surface area contributed by atoms with Crippen LogP contribution in [0.25, 0.3) is 0 Å². The van der Waals surface area contributed by atoms with Crippen LogP contribution < -0.4 is 16.9 Å². The summed E-state index contributed by atoms with van der Waals surface area (Å²) in [6, 6.07) is 4.95. The van der Waals surface area contributed by atoms with Crippen molar-refractivity contribution in [2.75, 3.05) is 12.3 Å². The third-order valence-electron chi connectivity index (χ3n) is 2.00. The van der Waals surface area contributed by atoms with Gasteiger partial charge in [0.1, 0.15) is 0 Å². The summed E-state index contributed by atoms with van der Waals surface area (Å²) in [5.41, 5.74) is 14.1. The second-order valence-corrected chi connectivity index (χ2v) is 3.21. The molecule has 0 heterocycles. The number of nitrogen functional groups attached to an aromatic ring is 1. The fourth-order valence-electron chi connectivity index (χ4n) is 1.13. The number of carbonyl (C=O) groups excluding carboxylic acids is 2. The van der Waals surface area contributed by atoms with Crippen molar-refractivity contribution in [3.63, 3.8) is 0 Å². The molecule has 5 N–H and O–H groups in total. The number of anilines is 1. The van der Waals surface area contributed by atoms with Gasteiger partial charge in [-0.3, -0.25) is 14.4 Å². The van der Waals surface area contributed by atoms with Crippen LogP contribution >= 0.6 is 0 Å². The number of hydroxylamine groups is 1. The first-order valence-electron chi connectivity index (χ1n) is 4.58. The molecule has 0 bridgehead atoms. The molecule has 0 aliphatic heterocycles. The molecule has 1 rings (SSSR count). The van der Waals surface area contributed by atoms with E-state index in [-0.39, 0.29) is 6.61 Å². The van der Waals surface area contributed by atoms with Gasteiger partial charge in [0.05, 0.1) is 0 Å². The Hall–Kier alpha value is -2.08. The summed E-state index contributed by atoms with van der Waals surface area (Å²) in [4.78, 5) is 26.5. The molecule has 0 radical (unpaired) electrons. The minimum absolute atomic E-state index is 0.368. The van der Waals surface area contributed by atoms with E-state index in [0.29, 0.717) is 16.8 Å². The van der Waals surface area contributed by atoms with E-state index in [9.17, 15) is 9.59 Å². The SMILES string of the molecule is Cc1c(N)cccc1C(=O)NOCC(N)=O. The minimum Gasteiger partial charge on any atom is -0.398 e. The van der Waals surface area contributed by atoms with Crippen LogP contribution in [0.5, 0.6) is 0 Å². The molecule has 0 aliphatic carbocycles. The second-order valence-electron chi connectivity index (χ2n) is 3.21. The predicted molar refractivity (Wildman–Crippen MR) is 58.2 cm³/mol. The van der Waals surface area contributed by atoms with Crippen molar-refractivity contribution in [1.82, 2.24) is 5.48 Å². The van der Waals surface area contributed by atoms with Gasteiger partial charge in [-0.1, -0.05) is 6.07 Å². The zero-order chi connectivity index (χ0) is 12.1. The van der Waals surface area contributed by atoms with Gasteiger partial charge < -0.3 is 11.5 Å². The fraction of sp³-hybridized carbons (Fsp3) is 0.200. The molecule has 2 amide bonds. The lowest BCUT2D eigenvalue weighted by Gasteiger charge is -2.08. The molecule has 1 aromatic rings. The van der Waals surface area contributed by atoms with E-state index in [1.165, 1.54) is 0 Å². The van der Waals surface area contributed by atoms with E-state index in [4.69, 9.17) is 11.5 Å². The van der Waals surface area contributed by atoms with E-state index in [2.05, 4.69) is 10.3 Å². The molecule has 1 aromatic carbocycles. The summed E-state index contributed by atoms with van der Waals surface area (Å²) in [5.74, 6) is -1.13. The maximum absolute atomic E-state index is 11.6. The molecule has 0 saturated heterocycles. The number of rotatable bonds is 4. The number of hydrogen-bond donors (Lipinski definition) is 3. The van der Waals surface area contributed by atoms with Gasteiger partial charge in [0, 0.05) is 11.3 Å². The van der Waals surface area contributed by atoms with Crippen LogP contribution in [0, 0.1) is 6.92 Å². The van der Waals surface area contributed by atoms with Crippen LogP contribution in [0.15, 0.2) is 18.2 Å². The molecule has 0 atom stereocenters. The number of nitrogens with one attached hydrogen (secondary N) is 1. The third-order valence-corrected chi connectivity index (χ3v) is 2.00. The van der Waals surface area contributed by atoms with E-state index in [1.54, 1.807) is 25.1 Å². The van der Waals surface area contributed by atoms with Crippen LogP contribution in [0.1, 0.15) is 15.9 Å². The van der Waals surface area contributed by atoms with Crippen molar-refractivity contribution in [2.24, 2.45) is 5.73 Å². The molecule has 16 heavy (non-hydrogen) atoms. The first-order chi connectivity index (χ1) is 7.52. The first-order valence-corrected chi connectivity index (χ1v) is 4.58. The molecule has 0 spiro atoms. The van der Waals surface area contributed by atoms with E-state index in [0.717, 1.165) is 0 Å². The zero-order valence-electron chi connectivity index (χ0n) is 8.82. The van der Waals surface area contributed by atoms with Crippen LogP contribution in [0.3, 0.4) is 0 Å². The van der Waals surface area contributed by atoms with Crippen molar-refractivity contribution in [3.8, 4) is 0 Å². The van der Waals surface area contributed by atoms with Crippen LogP contribution in [-0.2, 0) is 9.63 Å². The summed E-state index contributed by atoms with van der Waals surface area (Å²) in [5, 5.41) is 0. The maximum Gasteiger partial charge on any atom is 0.275 e. The Morgan fingerprint density at radius 1 is 1.44 bits per heavy atom. The lowest BCUT2D eigenvalue weighted by molar-refractivity contribution is -0.124. The molecule has 0 aromatic heterocycles. The van der Waals surface area contributed by atoms with E-state index < -0.39 is 11.8 Å². The van der Waals surface area contributed by atoms with Gasteiger partial charge in [-0.25, -0.2) is 5.48 Å². The minimum atomic E-state index is -0.662. The van der Waals surface area contributed by atoms with Crippen molar-refractivity contribution >= 4 is 17.5 Å². The fourth-order valence-corrected chi connectivity index (χ4v) is 1.13. The number of nitrogens with two attached hydrogens (primary N) is 2. The zero-order valence-corrected chi connectivity index (χ0v) is 8.82. The topological polar surface area (TPSA) is 107 Å². The molecular weight excluding hydrogens is 210 g/mol. The number of carbonyl (C=O) groups is 2. The summed E-state index contributed by atoms with van der Waals surface area (Å²) in [7, 11) is 0. The van der Waals surface area contributed by atoms with Crippen LogP contribution in [0.4, 0.5) is 5.69 Å². The quantitative estimate of drug-likeness (QED) is 0.482. The first kappa shape index (κ1) is 12.0. The van der Waals surface area contributed by atoms with Crippen molar-refractivity contribution < 1.29 is 14.4 Å². The maximum atomic E-state index is 11.6. The van der Waals surface area contributed by atoms with Crippen molar-refractivity contribution in [1.29, 1.82) is 0 Å². The van der Waals surface area contributed by atoms with Gasteiger partial charge >= 0.3 is 0 Å². The van der Waals surface area contributed by atoms with Crippen LogP contribution in [0.2, 0.25) is 0 Å². The molecule has 6 nitrogen and oxygen atoms in total. The third kappa shape index (κ3) is 2.96. The second kappa shape index (κ2) is 5.13. The lowest BCUT2D eigenvalue weighted by atomic mass is 10.1. The van der Waals surface area contributed by atoms with Gasteiger partial charge in [-0.05, 0) is 24.6 Å². The van der Waals surface area contributed by atoms with Gasteiger partial charge in [0.15, 0.2) is 6.61 Å². The van der Waals surface area contributed by atoms with Gasteiger partial charge in [0.2, 0.25) is 5.91 Å². The normalized spacial score (nSPS) is 9.81. The number of benzene rings is 1. The highest BCUT2D eigenvalue weighted by Gasteiger charge is 2.10. The molecule has 0 unspecified atom stereocenters. The van der Waals surface area contributed by atoms with E-state index in [1.807, 2.05) is 0 Å². The Morgan fingerprint density at radius 3 is 2.75 bits per heavy atom. The Labute approximate surface area is 92.5 Å². The predicted octanol–water partition coefficient (Wildman–Crippen LogP) is -0.276. The van der Waals surface area contributed by atoms with Crippen molar-refractivity contribution in [2.45, 2.75) is 6.92 Å². The summed E-state index contributed by atoms with van der Waals surface area (Å²) in [6.07, 6.45) is 0. The lowest BCUT2D eigenvalue weighted by Crippen LogP contribution is -2.29. The molecule has 0 aliphatic rings. The summed E-state index contributed by atoms with van der Waals surface area (Å²) >= 11 is 0. The molecule has 86 valence electrons. The van der Waals surface area contributed by atoms with Crippen LogP contribution in [-0.4, -0.2) is 18.4 Å². The summed E-state index contributed by atoms with van der Waals surface area (Å²) in [6.45, 7) is 1.35. The monoisotopic (exact) mass is 223 g/mol. The Morgan fingerprint density at radius 2 is 2.12 bits per heavy atom. The standard InChI is InChI=1S/C10H13N3O3/c1-6-7(3-2-4-8(6)11)10(15)13-16-5-9(12)14/h2-4H,5,11H2,1H3,(H2,12,14)(H,13,15). The largest absolute Gasteiger partial charge is 0.398 e. The highest BCUT2D eigenvalue weighted by molar-refractivity contribution is 5.96. The molecular formula is C10H13N3O3. The van der Waals surface area contributed by atoms with Crippen molar-refractivity contribution in [3.05, 3.63) is 29.3 Å². The molecule has 0 fully saturated rings. The average Bonchev–Trinajstić information content (AvgIpc) is 2.21. The average molecular weight is 223 g/mol. The van der Waals surface area contributed by atoms with E-state index >= 15 is 0 Å². The Bertz CT molecular complexity index is 418.